The number of nitrogens with zero attached hydrogens (tertiary/aromatic N) is 3. The molecular formula is C22H26F3N5O4. The number of aromatic nitrogens is 3. The fourth-order valence-electron chi connectivity index (χ4n) is 3.13. The Labute approximate surface area is 194 Å². The van der Waals surface area contributed by atoms with Crippen LogP contribution in [0.3, 0.4) is 0 Å². The van der Waals surface area contributed by atoms with Crippen molar-refractivity contribution in [1.82, 2.24) is 15.0 Å². The van der Waals surface area contributed by atoms with Gasteiger partial charge in [-0.2, -0.15) is 13.2 Å². The van der Waals surface area contributed by atoms with Gasteiger partial charge in [-0.3, -0.25) is 0 Å². The van der Waals surface area contributed by atoms with Crippen LogP contribution in [0.4, 0.5) is 24.8 Å². The largest absolute Gasteiger partial charge is 0.487 e. The van der Waals surface area contributed by atoms with Crippen molar-refractivity contribution in [2.24, 2.45) is 0 Å². The van der Waals surface area contributed by atoms with Crippen LogP contribution >= 0.6 is 0 Å². The van der Waals surface area contributed by atoms with Gasteiger partial charge in [-0.05, 0) is 30.7 Å². The van der Waals surface area contributed by atoms with Gasteiger partial charge in [0.25, 0.3) is 0 Å². The lowest BCUT2D eigenvalue weighted by atomic mass is 10.1. The highest BCUT2D eigenvalue weighted by Crippen LogP contribution is 2.35. The van der Waals surface area contributed by atoms with Crippen molar-refractivity contribution < 1.29 is 32.1 Å². The molecule has 9 nitrogen and oxygen atoms in total. The molecule has 34 heavy (non-hydrogen) atoms. The van der Waals surface area contributed by atoms with Gasteiger partial charge in [0.15, 0.2) is 11.5 Å². The fraction of sp³-hybridized carbons (Fsp3) is 0.409. The molecule has 0 aliphatic carbocycles. The molecule has 0 unspecified atom stereocenters. The third kappa shape index (κ3) is 6.58. The SMILES string of the molecule is COCCOc1cc2nc(C)nc(NCc3cc(N)nc(C(F)(F)F)c3)c2cc1OCCOC. The molecule has 0 fully saturated rings. The van der Waals surface area contributed by atoms with E-state index in [2.05, 4.69) is 20.3 Å². The number of anilines is 2. The summed E-state index contributed by atoms with van der Waals surface area (Å²) in [5, 5.41) is 3.68. The summed E-state index contributed by atoms with van der Waals surface area (Å²) in [5.41, 5.74) is 5.40. The van der Waals surface area contributed by atoms with Gasteiger partial charge in [0.05, 0.1) is 18.7 Å². The van der Waals surface area contributed by atoms with Crippen LogP contribution in [0.25, 0.3) is 10.9 Å². The number of methoxy groups -OCH3 is 2. The van der Waals surface area contributed by atoms with Crippen molar-refractivity contribution in [3.63, 3.8) is 0 Å². The molecule has 2 aromatic heterocycles. The van der Waals surface area contributed by atoms with Crippen LogP contribution in [0, 0.1) is 6.92 Å². The van der Waals surface area contributed by atoms with E-state index in [0.717, 1.165) is 6.07 Å². The number of halogens is 3. The summed E-state index contributed by atoms with van der Waals surface area (Å²) in [7, 11) is 3.14. The second-order valence-corrected chi connectivity index (χ2v) is 7.25. The van der Waals surface area contributed by atoms with E-state index in [1.54, 1.807) is 33.3 Å². The van der Waals surface area contributed by atoms with Gasteiger partial charge < -0.3 is 30.0 Å². The lowest BCUT2D eigenvalue weighted by Crippen LogP contribution is -2.12. The van der Waals surface area contributed by atoms with Gasteiger partial charge in [0.1, 0.15) is 36.4 Å². The molecule has 0 saturated heterocycles. The van der Waals surface area contributed by atoms with Crippen molar-refractivity contribution in [3.05, 3.63) is 41.3 Å². The zero-order chi connectivity index (χ0) is 24.7. The smallest absolute Gasteiger partial charge is 0.433 e. The maximum atomic E-state index is 13.1. The van der Waals surface area contributed by atoms with Gasteiger partial charge in [-0.25, -0.2) is 15.0 Å². The molecule has 12 heteroatoms. The molecule has 0 aliphatic rings. The molecule has 3 rings (SSSR count). The number of hydrogen-bond acceptors (Lipinski definition) is 9. The lowest BCUT2D eigenvalue weighted by Gasteiger charge is -2.16. The zero-order valence-corrected chi connectivity index (χ0v) is 19.0. The number of pyridine rings is 1. The number of nitrogen functional groups attached to an aromatic ring is 1. The van der Waals surface area contributed by atoms with E-state index in [1.807, 2.05) is 0 Å². The van der Waals surface area contributed by atoms with Crippen LogP contribution in [0.5, 0.6) is 11.5 Å². The second-order valence-electron chi connectivity index (χ2n) is 7.25. The average molecular weight is 481 g/mol. The molecule has 3 aromatic rings. The maximum Gasteiger partial charge on any atom is 0.433 e. The Bertz CT molecular complexity index is 1130. The van der Waals surface area contributed by atoms with Crippen LogP contribution in [-0.4, -0.2) is 55.6 Å². The van der Waals surface area contributed by atoms with Crippen LogP contribution in [0.15, 0.2) is 24.3 Å². The summed E-state index contributed by atoms with van der Waals surface area (Å²) >= 11 is 0. The van der Waals surface area contributed by atoms with Crippen molar-refractivity contribution in [2.45, 2.75) is 19.6 Å². The van der Waals surface area contributed by atoms with E-state index in [4.69, 9.17) is 24.7 Å². The Balaban J connectivity index is 1.94. The third-order valence-electron chi connectivity index (χ3n) is 4.62. The normalized spacial score (nSPS) is 11.6. The highest BCUT2D eigenvalue weighted by Gasteiger charge is 2.33. The first-order valence-electron chi connectivity index (χ1n) is 10.3. The summed E-state index contributed by atoms with van der Waals surface area (Å²) in [6.07, 6.45) is -4.60. The molecule has 184 valence electrons. The Kier molecular flexibility index (Phi) is 8.29. The highest BCUT2D eigenvalue weighted by atomic mass is 19.4. The van der Waals surface area contributed by atoms with Gasteiger partial charge >= 0.3 is 6.18 Å². The van der Waals surface area contributed by atoms with Crippen molar-refractivity contribution in [1.29, 1.82) is 0 Å². The minimum Gasteiger partial charge on any atom is -0.487 e. The molecule has 0 radical (unpaired) electrons. The number of benzene rings is 1. The monoisotopic (exact) mass is 481 g/mol. The minimum absolute atomic E-state index is 0.0350. The highest BCUT2D eigenvalue weighted by molar-refractivity contribution is 5.91. The standard InChI is InChI=1S/C22H26F3N5O4/c1-13-28-16-11-18(34-7-5-32-3)17(33-6-4-31-2)10-15(16)21(29-13)27-12-14-8-19(22(23,24)25)30-20(26)9-14/h8-11H,4-7,12H2,1-3H3,(H2,26,30)(H,27,28,29). The molecule has 0 atom stereocenters. The number of hydrogen-bond donors (Lipinski definition) is 2. The Morgan fingerprint density at radius 2 is 1.53 bits per heavy atom. The number of nitrogens with two attached hydrogens (primary N) is 1. The molecule has 0 spiro atoms. The summed E-state index contributed by atoms with van der Waals surface area (Å²) in [6.45, 7) is 3.10. The molecule has 3 N–H and O–H groups in total. The molecule has 1 aromatic carbocycles. The number of alkyl halides is 3. The van der Waals surface area contributed by atoms with Crippen molar-refractivity contribution >= 4 is 22.5 Å². The Morgan fingerprint density at radius 1 is 0.882 bits per heavy atom. The molecular weight excluding hydrogens is 455 g/mol. The van der Waals surface area contributed by atoms with E-state index < -0.39 is 11.9 Å². The van der Waals surface area contributed by atoms with Gasteiger partial charge in [-0.1, -0.05) is 0 Å². The molecule has 0 amide bonds. The molecule has 2 heterocycles. The number of aryl methyl sites for hydroxylation is 1. The summed E-state index contributed by atoms with van der Waals surface area (Å²) in [5.74, 6) is 1.59. The summed E-state index contributed by atoms with van der Waals surface area (Å²) in [4.78, 5) is 12.2. The first-order chi connectivity index (χ1) is 16.2. The molecule has 0 aliphatic heterocycles. The van der Waals surface area contributed by atoms with Crippen LogP contribution in [-0.2, 0) is 22.2 Å². The number of fused-ring (bicyclic) bond motifs is 1. The topological polar surface area (TPSA) is 114 Å². The van der Waals surface area contributed by atoms with Gasteiger partial charge in [-0.15, -0.1) is 0 Å². The predicted molar refractivity (Wildman–Crippen MR) is 120 cm³/mol. The predicted octanol–water partition coefficient (Wildman–Crippen LogP) is 3.60. The third-order valence-corrected chi connectivity index (χ3v) is 4.62. The minimum atomic E-state index is -4.60. The molecule has 0 bridgehead atoms. The number of nitrogens with one attached hydrogen (secondary N) is 1. The fourth-order valence-corrected chi connectivity index (χ4v) is 3.13. The Morgan fingerprint density at radius 3 is 2.15 bits per heavy atom. The lowest BCUT2D eigenvalue weighted by molar-refractivity contribution is -0.141. The van der Waals surface area contributed by atoms with E-state index >= 15 is 0 Å². The average Bonchev–Trinajstić information content (AvgIpc) is 2.77. The second kappa shape index (κ2) is 11.2. The first-order valence-corrected chi connectivity index (χ1v) is 10.3. The van der Waals surface area contributed by atoms with Crippen molar-refractivity contribution in [3.8, 4) is 11.5 Å². The van der Waals surface area contributed by atoms with Crippen LogP contribution in [0.1, 0.15) is 17.1 Å². The van der Waals surface area contributed by atoms with Gasteiger partial charge in [0, 0.05) is 32.2 Å². The zero-order valence-electron chi connectivity index (χ0n) is 19.0. The van der Waals surface area contributed by atoms with E-state index in [1.165, 1.54) is 6.07 Å². The van der Waals surface area contributed by atoms with Crippen LogP contribution < -0.4 is 20.5 Å². The van der Waals surface area contributed by atoms with Crippen LogP contribution in [0.2, 0.25) is 0 Å². The number of ether oxygens (including phenoxy) is 4. The van der Waals surface area contributed by atoms with E-state index in [0.29, 0.717) is 59.4 Å². The Hall–Kier alpha value is -3.38. The maximum absolute atomic E-state index is 13.1. The number of rotatable bonds is 11. The van der Waals surface area contributed by atoms with Gasteiger partial charge in [0.2, 0.25) is 0 Å². The first kappa shape index (κ1) is 25.2. The van der Waals surface area contributed by atoms with E-state index in [-0.39, 0.29) is 19.0 Å². The summed E-state index contributed by atoms with van der Waals surface area (Å²) < 4.78 is 60.9. The van der Waals surface area contributed by atoms with Crippen molar-refractivity contribution in [2.75, 3.05) is 51.7 Å². The molecule has 0 saturated carbocycles. The van der Waals surface area contributed by atoms with E-state index in [9.17, 15) is 13.2 Å². The quantitative estimate of drug-likeness (QED) is 0.397. The summed E-state index contributed by atoms with van der Waals surface area (Å²) in [6, 6.07) is 5.76.